The number of nitrogens with two attached hydrogens (primary N) is 2. The average Bonchev–Trinajstić information content (AvgIpc) is 1.99. The topological polar surface area (TPSA) is 52.0 Å². The van der Waals surface area contributed by atoms with Crippen LogP contribution in [0.2, 0.25) is 0 Å². The molecule has 1 unspecified atom stereocenters. The molecule has 11 heavy (non-hydrogen) atoms. The Morgan fingerprint density at radius 2 is 2.09 bits per heavy atom. The molecule has 0 saturated carbocycles. The van der Waals surface area contributed by atoms with Gasteiger partial charge >= 0.3 is 0 Å². The molecule has 0 aliphatic carbocycles. The Balaban J connectivity index is 4.03. The van der Waals surface area contributed by atoms with E-state index in [1.54, 1.807) is 0 Å². The van der Waals surface area contributed by atoms with Gasteiger partial charge in [-0.1, -0.05) is 18.6 Å². The van der Waals surface area contributed by atoms with Gasteiger partial charge in [-0.25, -0.2) is 8.78 Å². The molecule has 0 saturated heterocycles. The third kappa shape index (κ3) is 4.06. The minimum atomic E-state index is -2.50. The van der Waals surface area contributed by atoms with E-state index < -0.39 is 12.5 Å². The fourth-order valence-electron chi connectivity index (χ4n) is 0.675. The van der Waals surface area contributed by atoms with Crippen molar-refractivity contribution in [1.29, 1.82) is 0 Å². The normalized spacial score (nSPS) is 15.6. The van der Waals surface area contributed by atoms with Gasteiger partial charge in [0.15, 0.2) is 0 Å². The molecule has 0 aliphatic rings. The third-order valence-corrected chi connectivity index (χ3v) is 1.44. The summed E-state index contributed by atoms with van der Waals surface area (Å²) in [5.41, 5.74) is 11.1. The molecule has 0 aromatic carbocycles. The van der Waals surface area contributed by atoms with Crippen LogP contribution in [-0.4, -0.2) is 19.0 Å². The molecule has 0 aromatic heterocycles. The van der Waals surface area contributed by atoms with Gasteiger partial charge in [-0.3, -0.25) is 0 Å². The van der Waals surface area contributed by atoms with Crippen molar-refractivity contribution in [2.45, 2.75) is 25.8 Å². The zero-order chi connectivity index (χ0) is 8.85. The molecule has 4 heteroatoms. The van der Waals surface area contributed by atoms with E-state index in [2.05, 4.69) is 0 Å². The standard InChI is InChI=1S/C7H14F2N2/c1-2-5(4-10)3-6(11)7(8)9/h3,6-7H,2,4,10-11H2,1H3/b5-3+. The van der Waals surface area contributed by atoms with Crippen molar-refractivity contribution >= 4 is 0 Å². The van der Waals surface area contributed by atoms with Crippen LogP contribution in [0.15, 0.2) is 11.6 Å². The molecule has 0 heterocycles. The first-order valence-corrected chi connectivity index (χ1v) is 3.55. The molecule has 0 amide bonds. The molecular formula is C7H14F2N2. The summed E-state index contributed by atoms with van der Waals surface area (Å²) in [4.78, 5) is 0. The number of alkyl halides is 2. The van der Waals surface area contributed by atoms with E-state index in [0.29, 0.717) is 13.0 Å². The van der Waals surface area contributed by atoms with Crippen molar-refractivity contribution in [2.24, 2.45) is 11.5 Å². The van der Waals surface area contributed by atoms with E-state index in [9.17, 15) is 8.78 Å². The van der Waals surface area contributed by atoms with Gasteiger partial charge in [0.25, 0.3) is 6.43 Å². The van der Waals surface area contributed by atoms with Crippen LogP contribution < -0.4 is 11.5 Å². The van der Waals surface area contributed by atoms with Crippen molar-refractivity contribution in [3.8, 4) is 0 Å². The first-order chi connectivity index (χ1) is 5.11. The van der Waals surface area contributed by atoms with Crippen LogP contribution in [0.25, 0.3) is 0 Å². The highest BCUT2D eigenvalue weighted by Crippen LogP contribution is 2.04. The maximum atomic E-state index is 11.9. The Bertz CT molecular complexity index is 128. The van der Waals surface area contributed by atoms with Gasteiger partial charge in [-0.05, 0) is 6.42 Å². The van der Waals surface area contributed by atoms with E-state index >= 15 is 0 Å². The monoisotopic (exact) mass is 164 g/mol. The summed E-state index contributed by atoms with van der Waals surface area (Å²) in [5.74, 6) is 0. The summed E-state index contributed by atoms with van der Waals surface area (Å²) in [7, 11) is 0. The average molecular weight is 164 g/mol. The van der Waals surface area contributed by atoms with Crippen LogP contribution in [0, 0.1) is 0 Å². The summed E-state index contributed by atoms with van der Waals surface area (Å²) in [6.45, 7) is 2.16. The largest absolute Gasteiger partial charge is 0.327 e. The maximum absolute atomic E-state index is 11.9. The molecule has 2 nitrogen and oxygen atoms in total. The predicted octanol–water partition coefficient (Wildman–Crippen LogP) is 0.874. The van der Waals surface area contributed by atoms with Gasteiger partial charge in [-0.2, -0.15) is 0 Å². The summed E-state index contributed by atoms with van der Waals surface area (Å²) in [5, 5.41) is 0. The number of hydrogen-bond acceptors (Lipinski definition) is 2. The fraction of sp³-hybridized carbons (Fsp3) is 0.714. The van der Waals surface area contributed by atoms with E-state index in [1.165, 1.54) is 6.08 Å². The maximum Gasteiger partial charge on any atom is 0.257 e. The lowest BCUT2D eigenvalue weighted by Gasteiger charge is -2.07. The fourth-order valence-corrected chi connectivity index (χ4v) is 0.675. The van der Waals surface area contributed by atoms with Crippen molar-refractivity contribution in [3.05, 3.63) is 11.6 Å². The Labute approximate surface area is 65.3 Å². The highest BCUT2D eigenvalue weighted by molar-refractivity contribution is 5.07. The minimum Gasteiger partial charge on any atom is -0.327 e. The summed E-state index contributed by atoms with van der Waals surface area (Å²) < 4.78 is 23.7. The number of halogens is 2. The molecule has 0 aliphatic heterocycles. The zero-order valence-electron chi connectivity index (χ0n) is 6.56. The molecule has 0 aromatic rings. The van der Waals surface area contributed by atoms with Crippen molar-refractivity contribution < 1.29 is 8.78 Å². The quantitative estimate of drug-likeness (QED) is 0.606. The van der Waals surface area contributed by atoms with Gasteiger partial charge in [0, 0.05) is 6.54 Å². The van der Waals surface area contributed by atoms with Gasteiger partial charge in [0.2, 0.25) is 0 Å². The van der Waals surface area contributed by atoms with Gasteiger partial charge in [-0.15, -0.1) is 0 Å². The van der Waals surface area contributed by atoms with Crippen LogP contribution in [0.1, 0.15) is 13.3 Å². The van der Waals surface area contributed by atoms with Crippen LogP contribution in [0.5, 0.6) is 0 Å². The molecule has 0 fully saturated rings. The molecule has 0 bridgehead atoms. The summed E-state index contributed by atoms with van der Waals surface area (Å²) in [6.07, 6.45) is -0.482. The molecule has 0 radical (unpaired) electrons. The van der Waals surface area contributed by atoms with Crippen LogP contribution in [0.4, 0.5) is 8.78 Å². The summed E-state index contributed by atoms with van der Waals surface area (Å²) >= 11 is 0. The van der Waals surface area contributed by atoms with Gasteiger partial charge < -0.3 is 11.5 Å². The van der Waals surface area contributed by atoms with E-state index in [1.807, 2.05) is 6.92 Å². The molecule has 0 spiro atoms. The van der Waals surface area contributed by atoms with E-state index in [0.717, 1.165) is 5.57 Å². The molecule has 66 valence electrons. The third-order valence-electron chi connectivity index (χ3n) is 1.44. The summed E-state index contributed by atoms with van der Waals surface area (Å²) in [6, 6.07) is -1.17. The molecular weight excluding hydrogens is 150 g/mol. The highest BCUT2D eigenvalue weighted by atomic mass is 19.3. The Morgan fingerprint density at radius 1 is 1.55 bits per heavy atom. The number of rotatable bonds is 4. The smallest absolute Gasteiger partial charge is 0.257 e. The lowest BCUT2D eigenvalue weighted by atomic mass is 10.1. The Morgan fingerprint density at radius 3 is 2.36 bits per heavy atom. The van der Waals surface area contributed by atoms with Crippen molar-refractivity contribution in [1.82, 2.24) is 0 Å². The SMILES string of the molecule is CC/C(=C\C(N)C(F)F)CN. The Hall–Kier alpha value is -0.480. The van der Waals surface area contributed by atoms with E-state index in [-0.39, 0.29) is 0 Å². The van der Waals surface area contributed by atoms with Gasteiger partial charge in [0.1, 0.15) is 0 Å². The van der Waals surface area contributed by atoms with Crippen LogP contribution >= 0.6 is 0 Å². The van der Waals surface area contributed by atoms with Crippen LogP contribution in [0.3, 0.4) is 0 Å². The lowest BCUT2D eigenvalue weighted by Crippen LogP contribution is -2.27. The second kappa shape index (κ2) is 5.21. The second-order valence-electron chi connectivity index (χ2n) is 2.29. The predicted molar refractivity (Wildman–Crippen MR) is 41.4 cm³/mol. The van der Waals surface area contributed by atoms with Crippen molar-refractivity contribution in [2.75, 3.05) is 6.54 Å². The Kier molecular flexibility index (Phi) is 4.98. The van der Waals surface area contributed by atoms with Gasteiger partial charge in [0.05, 0.1) is 6.04 Å². The number of hydrogen-bond donors (Lipinski definition) is 2. The molecule has 0 rings (SSSR count). The highest BCUT2D eigenvalue weighted by Gasteiger charge is 2.11. The zero-order valence-corrected chi connectivity index (χ0v) is 6.56. The van der Waals surface area contributed by atoms with E-state index in [4.69, 9.17) is 11.5 Å². The molecule has 1 atom stereocenters. The first kappa shape index (κ1) is 10.5. The van der Waals surface area contributed by atoms with Crippen molar-refractivity contribution in [3.63, 3.8) is 0 Å². The second-order valence-corrected chi connectivity index (χ2v) is 2.29. The molecule has 4 N–H and O–H groups in total. The van der Waals surface area contributed by atoms with Crippen LogP contribution in [-0.2, 0) is 0 Å². The lowest BCUT2D eigenvalue weighted by molar-refractivity contribution is 0.133. The minimum absolute atomic E-state index is 0.302. The first-order valence-electron chi connectivity index (χ1n) is 3.55.